The van der Waals surface area contributed by atoms with Crippen molar-refractivity contribution in [2.45, 2.75) is 44.4 Å². The van der Waals surface area contributed by atoms with Crippen LogP contribution < -0.4 is 5.73 Å². The third-order valence-electron chi connectivity index (χ3n) is 3.31. The Balaban J connectivity index is 1.86. The van der Waals surface area contributed by atoms with E-state index in [0.29, 0.717) is 24.8 Å². The van der Waals surface area contributed by atoms with Gasteiger partial charge in [0.05, 0.1) is 0 Å². The summed E-state index contributed by atoms with van der Waals surface area (Å²) in [6.45, 7) is 1.19. The topological polar surface area (TPSA) is 29.3 Å². The molecule has 1 aliphatic rings. The molecule has 2 rings (SSSR count). The fraction of sp³-hybridized carbons (Fsp3) is 0.571. The zero-order chi connectivity index (χ0) is 13.9. The number of anilines is 1. The SMILES string of the molecule is Nc1cccc(CN(CCCC(F)(F)F)C2CC2)c1. The Morgan fingerprint density at radius 1 is 1.26 bits per heavy atom. The summed E-state index contributed by atoms with van der Waals surface area (Å²) >= 11 is 0. The van der Waals surface area contributed by atoms with Crippen LogP contribution in [0.15, 0.2) is 24.3 Å². The highest BCUT2D eigenvalue weighted by Gasteiger charge is 2.31. The number of nitrogens with two attached hydrogens (primary N) is 1. The quantitative estimate of drug-likeness (QED) is 0.802. The van der Waals surface area contributed by atoms with Crippen molar-refractivity contribution in [3.63, 3.8) is 0 Å². The molecule has 0 bridgehead atoms. The number of rotatable bonds is 6. The molecule has 1 aromatic carbocycles. The molecule has 0 aromatic heterocycles. The van der Waals surface area contributed by atoms with Gasteiger partial charge in [-0.25, -0.2) is 0 Å². The van der Waals surface area contributed by atoms with Gasteiger partial charge in [0.25, 0.3) is 0 Å². The van der Waals surface area contributed by atoms with Crippen LogP contribution in [0.3, 0.4) is 0 Å². The first kappa shape index (κ1) is 14.2. The summed E-state index contributed by atoms with van der Waals surface area (Å²) in [4.78, 5) is 2.14. The van der Waals surface area contributed by atoms with Crippen LogP contribution in [0.2, 0.25) is 0 Å². The molecule has 19 heavy (non-hydrogen) atoms. The van der Waals surface area contributed by atoms with Gasteiger partial charge in [0.2, 0.25) is 0 Å². The first-order valence-corrected chi connectivity index (χ1v) is 6.59. The van der Waals surface area contributed by atoms with E-state index in [9.17, 15) is 13.2 Å². The van der Waals surface area contributed by atoms with E-state index in [4.69, 9.17) is 5.73 Å². The highest BCUT2D eigenvalue weighted by Crippen LogP contribution is 2.30. The fourth-order valence-corrected chi connectivity index (χ4v) is 2.24. The average Bonchev–Trinajstić information content (AvgIpc) is 3.10. The van der Waals surface area contributed by atoms with Crippen LogP contribution >= 0.6 is 0 Å². The maximum atomic E-state index is 12.2. The minimum Gasteiger partial charge on any atom is -0.399 e. The van der Waals surface area contributed by atoms with Gasteiger partial charge in [-0.2, -0.15) is 13.2 Å². The Morgan fingerprint density at radius 3 is 2.58 bits per heavy atom. The molecule has 0 amide bonds. The van der Waals surface area contributed by atoms with Crippen LogP contribution in [0.1, 0.15) is 31.2 Å². The standard InChI is InChI=1S/C14H19F3N2/c15-14(16,17)7-2-8-19(13-5-6-13)10-11-3-1-4-12(18)9-11/h1,3-4,9,13H,2,5-8,10,18H2. The molecule has 2 N–H and O–H groups in total. The fourth-order valence-electron chi connectivity index (χ4n) is 2.24. The third-order valence-corrected chi connectivity index (χ3v) is 3.31. The van der Waals surface area contributed by atoms with E-state index in [1.54, 1.807) is 0 Å². The Labute approximate surface area is 111 Å². The van der Waals surface area contributed by atoms with Crippen LogP contribution in [-0.2, 0) is 6.54 Å². The van der Waals surface area contributed by atoms with Crippen molar-refractivity contribution in [2.75, 3.05) is 12.3 Å². The molecule has 1 aromatic rings. The highest BCUT2D eigenvalue weighted by atomic mass is 19.4. The number of benzene rings is 1. The third kappa shape index (κ3) is 5.11. The van der Waals surface area contributed by atoms with Gasteiger partial charge in [0.15, 0.2) is 0 Å². The second kappa shape index (κ2) is 5.82. The smallest absolute Gasteiger partial charge is 0.389 e. The summed E-state index contributed by atoms with van der Waals surface area (Å²) in [5.41, 5.74) is 7.48. The summed E-state index contributed by atoms with van der Waals surface area (Å²) in [5, 5.41) is 0. The molecule has 0 spiro atoms. The molecule has 0 radical (unpaired) electrons. The van der Waals surface area contributed by atoms with Crippen LogP contribution in [0.4, 0.5) is 18.9 Å². The lowest BCUT2D eigenvalue weighted by Crippen LogP contribution is -2.27. The summed E-state index contributed by atoms with van der Waals surface area (Å²) in [5.74, 6) is 0. The number of halogens is 3. The van der Waals surface area contributed by atoms with Gasteiger partial charge in [0, 0.05) is 24.7 Å². The van der Waals surface area contributed by atoms with Gasteiger partial charge in [-0.1, -0.05) is 12.1 Å². The maximum Gasteiger partial charge on any atom is 0.389 e. The Bertz CT molecular complexity index is 413. The molecule has 0 aliphatic heterocycles. The number of alkyl halides is 3. The van der Waals surface area contributed by atoms with E-state index in [2.05, 4.69) is 4.90 Å². The van der Waals surface area contributed by atoms with E-state index in [0.717, 1.165) is 18.4 Å². The molecule has 106 valence electrons. The van der Waals surface area contributed by atoms with Crippen LogP contribution in [0.25, 0.3) is 0 Å². The van der Waals surface area contributed by atoms with E-state index in [1.807, 2.05) is 24.3 Å². The van der Waals surface area contributed by atoms with Crippen LogP contribution in [0, 0.1) is 0 Å². The van der Waals surface area contributed by atoms with Crippen LogP contribution in [-0.4, -0.2) is 23.7 Å². The molecule has 1 aliphatic carbocycles. The van der Waals surface area contributed by atoms with Gasteiger partial charge in [-0.15, -0.1) is 0 Å². The van der Waals surface area contributed by atoms with Crippen molar-refractivity contribution in [2.24, 2.45) is 0 Å². The molecule has 0 heterocycles. The molecule has 0 saturated heterocycles. The zero-order valence-corrected chi connectivity index (χ0v) is 10.8. The summed E-state index contributed by atoms with van der Waals surface area (Å²) in [6.07, 6.45) is -2.40. The van der Waals surface area contributed by atoms with Crippen molar-refractivity contribution < 1.29 is 13.2 Å². The lowest BCUT2D eigenvalue weighted by Gasteiger charge is -2.22. The number of nitrogen functional groups attached to an aromatic ring is 1. The molecule has 5 heteroatoms. The molecule has 0 atom stereocenters. The second-order valence-electron chi connectivity index (χ2n) is 5.17. The van der Waals surface area contributed by atoms with E-state index < -0.39 is 12.6 Å². The highest BCUT2D eigenvalue weighted by molar-refractivity contribution is 5.40. The number of hydrogen-bond acceptors (Lipinski definition) is 2. The summed E-state index contributed by atoms with van der Waals surface area (Å²) in [6, 6.07) is 8.00. The number of hydrogen-bond donors (Lipinski definition) is 1. The number of nitrogens with zero attached hydrogens (tertiary/aromatic N) is 1. The monoisotopic (exact) mass is 272 g/mol. The first-order valence-electron chi connectivity index (χ1n) is 6.59. The Kier molecular flexibility index (Phi) is 4.34. The van der Waals surface area contributed by atoms with Crippen molar-refractivity contribution in [3.8, 4) is 0 Å². The van der Waals surface area contributed by atoms with E-state index >= 15 is 0 Å². The molecule has 1 saturated carbocycles. The van der Waals surface area contributed by atoms with Gasteiger partial charge < -0.3 is 5.73 Å². The van der Waals surface area contributed by atoms with Crippen LogP contribution in [0.5, 0.6) is 0 Å². The van der Waals surface area contributed by atoms with Gasteiger partial charge in [-0.05, 0) is 43.5 Å². The Morgan fingerprint density at radius 2 is 2.00 bits per heavy atom. The zero-order valence-electron chi connectivity index (χ0n) is 10.8. The maximum absolute atomic E-state index is 12.2. The largest absolute Gasteiger partial charge is 0.399 e. The van der Waals surface area contributed by atoms with Gasteiger partial charge >= 0.3 is 6.18 Å². The van der Waals surface area contributed by atoms with Crippen molar-refractivity contribution in [3.05, 3.63) is 29.8 Å². The summed E-state index contributed by atoms with van der Waals surface area (Å²) < 4.78 is 36.5. The summed E-state index contributed by atoms with van der Waals surface area (Å²) in [7, 11) is 0. The lowest BCUT2D eigenvalue weighted by atomic mass is 10.1. The molecule has 2 nitrogen and oxygen atoms in total. The van der Waals surface area contributed by atoms with Crippen molar-refractivity contribution >= 4 is 5.69 Å². The van der Waals surface area contributed by atoms with E-state index in [1.165, 1.54) is 0 Å². The predicted octanol–water partition coefficient (Wildman–Crippen LogP) is 3.58. The van der Waals surface area contributed by atoms with Gasteiger partial charge in [0.1, 0.15) is 0 Å². The minimum absolute atomic E-state index is 0.169. The predicted molar refractivity (Wildman–Crippen MR) is 69.6 cm³/mol. The van der Waals surface area contributed by atoms with Crippen molar-refractivity contribution in [1.82, 2.24) is 4.90 Å². The van der Waals surface area contributed by atoms with Gasteiger partial charge in [-0.3, -0.25) is 4.90 Å². The molecule has 0 unspecified atom stereocenters. The van der Waals surface area contributed by atoms with E-state index in [-0.39, 0.29) is 6.42 Å². The second-order valence-corrected chi connectivity index (χ2v) is 5.17. The first-order chi connectivity index (χ1) is 8.94. The molecular weight excluding hydrogens is 253 g/mol. The lowest BCUT2D eigenvalue weighted by molar-refractivity contribution is -0.136. The normalized spacial score (nSPS) is 16.0. The Hall–Kier alpha value is -1.23. The average molecular weight is 272 g/mol. The molecular formula is C14H19F3N2. The molecule has 1 fully saturated rings. The van der Waals surface area contributed by atoms with Crippen molar-refractivity contribution in [1.29, 1.82) is 0 Å². The minimum atomic E-state index is -4.05.